The first-order valence-electron chi connectivity index (χ1n) is 5.71. The summed E-state index contributed by atoms with van der Waals surface area (Å²) >= 11 is 0. The molecule has 1 unspecified atom stereocenters. The van der Waals surface area contributed by atoms with Crippen molar-refractivity contribution in [2.24, 2.45) is 0 Å². The van der Waals surface area contributed by atoms with E-state index in [-0.39, 0.29) is 0 Å². The van der Waals surface area contributed by atoms with Gasteiger partial charge >= 0.3 is 0 Å². The Morgan fingerprint density at radius 1 is 1.56 bits per heavy atom. The molecule has 1 aliphatic rings. The largest absolute Gasteiger partial charge is 0.396 e. The summed E-state index contributed by atoms with van der Waals surface area (Å²) in [6.07, 6.45) is 4.37. The molecule has 0 aliphatic carbocycles. The van der Waals surface area contributed by atoms with Crippen molar-refractivity contribution in [2.45, 2.75) is 25.9 Å². The number of piperidine rings is 1. The van der Waals surface area contributed by atoms with E-state index in [0.29, 0.717) is 6.10 Å². The molecule has 88 valence electrons. The molecule has 0 spiro atoms. The fraction of sp³-hybridized carbons (Fsp3) is 0.583. The minimum Gasteiger partial charge on any atom is -0.396 e. The molecule has 1 atom stereocenters. The highest BCUT2D eigenvalue weighted by Crippen LogP contribution is 2.26. The van der Waals surface area contributed by atoms with E-state index < -0.39 is 0 Å². The zero-order valence-electron chi connectivity index (χ0n) is 9.94. The van der Waals surface area contributed by atoms with Crippen molar-refractivity contribution in [1.29, 1.82) is 0 Å². The molecule has 1 aromatic heterocycles. The molecule has 16 heavy (non-hydrogen) atoms. The third-order valence-electron chi connectivity index (χ3n) is 3.20. The van der Waals surface area contributed by atoms with Gasteiger partial charge in [-0.25, -0.2) is 4.98 Å². The minimum absolute atomic E-state index is 0.301. The smallest absolute Gasteiger partial charge is 0.152 e. The van der Waals surface area contributed by atoms with Gasteiger partial charge in [0.2, 0.25) is 0 Å². The van der Waals surface area contributed by atoms with E-state index in [4.69, 9.17) is 10.5 Å². The van der Waals surface area contributed by atoms with Crippen LogP contribution in [0.5, 0.6) is 0 Å². The molecular weight excluding hydrogens is 202 g/mol. The molecule has 1 saturated heterocycles. The number of methoxy groups -OCH3 is 1. The number of ether oxygens (including phenoxy) is 1. The van der Waals surface area contributed by atoms with E-state index in [9.17, 15) is 0 Å². The predicted octanol–water partition coefficient (Wildman–Crippen LogP) is 1.59. The SMILES string of the molecule is COC1CCCN(c2nccc(C)c2N)C1. The highest BCUT2D eigenvalue weighted by Gasteiger charge is 2.22. The molecule has 2 N–H and O–H groups in total. The van der Waals surface area contributed by atoms with Crippen LogP contribution >= 0.6 is 0 Å². The molecular formula is C12H19N3O. The van der Waals surface area contributed by atoms with Crippen LogP contribution in [0.15, 0.2) is 12.3 Å². The van der Waals surface area contributed by atoms with Gasteiger partial charge in [0.05, 0.1) is 11.8 Å². The second kappa shape index (κ2) is 4.70. The summed E-state index contributed by atoms with van der Waals surface area (Å²) in [5, 5.41) is 0. The first-order chi connectivity index (χ1) is 7.72. The van der Waals surface area contributed by atoms with E-state index in [0.717, 1.165) is 43.0 Å². The summed E-state index contributed by atoms with van der Waals surface area (Å²) in [6.45, 7) is 3.91. The predicted molar refractivity (Wildman–Crippen MR) is 65.6 cm³/mol. The first-order valence-corrected chi connectivity index (χ1v) is 5.71. The van der Waals surface area contributed by atoms with Crippen LogP contribution in [-0.2, 0) is 4.74 Å². The van der Waals surface area contributed by atoms with Crippen LogP contribution in [-0.4, -0.2) is 31.3 Å². The lowest BCUT2D eigenvalue weighted by atomic mass is 10.1. The summed E-state index contributed by atoms with van der Waals surface area (Å²) in [7, 11) is 1.77. The number of pyridine rings is 1. The number of nitrogen functional groups attached to an aromatic ring is 1. The number of aromatic nitrogens is 1. The zero-order valence-corrected chi connectivity index (χ0v) is 9.94. The minimum atomic E-state index is 0.301. The molecule has 0 amide bonds. The van der Waals surface area contributed by atoms with Gasteiger partial charge in [-0.3, -0.25) is 0 Å². The van der Waals surface area contributed by atoms with Gasteiger partial charge in [0.25, 0.3) is 0 Å². The second-order valence-corrected chi connectivity index (χ2v) is 4.31. The second-order valence-electron chi connectivity index (χ2n) is 4.31. The fourth-order valence-electron chi connectivity index (χ4n) is 2.13. The normalized spacial score (nSPS) is 21.1. The van der Waals surface area contributed by atoms with Gasteiger partial charge < -0.3 is 15.4 Å². The van der Waals surface area contributed by atoms with Crippen molar-refractivity contribution in [3.63, 3.8) is 0 Å². The van der Waals surface area contributed by atoms with Crippen LogP contribution in [0.3, 0.4) is 0 Å². The Morgan fingerprint density at radius 2 is 2.38 bits per heavy atom. The summed E-state index contributed by atoms with van der Waals surface area (Å²) in [6, 6.07) is 1.94. The topological polar surface area (TPSA) is 51.4 Å². The van der Waals surface area contributed by atoms with Crippen molar-refractivity contribution in [1.82, 2.24) is 4.98 Å². The Kier molecular flexibility index (Phi) is 3.29. The number of nitrogens with zero attached hydrogens (tertiary/aromatic N) is 2. The van der Waals surface area contributed by atoms with E-state index in [2.05, 4.69) is 9.88 Å². The number of hydrogen-bond donors (Lipinski definition) is 1. The van der Waals surface area contributed by atoms with Gasteiger partial charge in [-0.2, -0.15) is 0 Å². The van der Waals surface area contributed by atoms with E-state index in [1.54, 1.807) is 7.11 Å². The Morgan fingerprint density at radius 3 is 3.12 bits per heavy atom. The van der Waals surface area contributed by atoms with Gasteiger partial charge in [0.15, 0.2) is 5.82 Å². The van der Waals surface area contributed by atoms with Crippen molar-refractivity contribution in [3.05, 3.63) is 17.8 Å². The van der Waals surface area contributed by atoms with Crippen LogP contribution < -0.4 is 10.6 Å². The van der Waals surface area contributed by atoms with E-state index >= 15 is 0 Å². The summed E-state index contributed by atoms with van der Waals surface area (Å²) in [5.41, 5.74) is 7.93. The Balaban J connectivity index is 2.20. The zero-order chi connectivity index (χ0) is 11.5. The molecule has 0 saturated carbocycles. The van der Waals surface area contributed by atoms with Crippen molar-refractivity contribution < 1.29 is 4.74 Å². The van der Waals surface area contributed by atoms with Gasteiger partial charge in [0, 0.05) is 26.4 Å². The maximum Gasteiger partial charge on any atom is 0.152 e. The van der Waals surface area contributed by atoms with Gasteiger partial charge in [-0.15, -0.1) is 0 Å². The first kappa shape index (κ1) is 11.2. The standard InChI is InChI=1S/C12H19N3O/c1-9-5-6-14-12(11(9)13)15-7-3-4-10(8-15)16-2/h5-6,10H,3-4,7-8,13H2,1-2H3. The maximum absolute atomic E-state index is 6.06. The average molecular weight is 221 g/mol. The lowest BCUT2D eigenvalue weighted by molar-refractivity contribution is 0.0892. The van der Waals surface area contributed by atoms with E-state index in [1.165, 1.54) is 0 Å². The Hall–Kier alpha value is -1.29. The molecule has 1 aromatic rings. The van der Waals surface area contributed by atoms with Crippen LogP contribution in [0.25, 0.3) is 0 Å². The van der Waals surface area contributed by atoms with Crippen molar-refractivity contribution in [2.75, 3.05) is 30.8 Å². The van der Waals surface area contributed by atoms with Crippen molar-refractivity contribution >= 4 is 11.5 Å². The molecule has 2 rings (SSSR count). The fourth-order valence-corrected chi connectivity index (χ4v) is 2.13. The summed E-state index contributed by atoms with van der Waals surface area (Å²) < 4.78 is 5.40. The highest BCUT2D eigenvalue weighted by molar-refractivity contribution is 5.66. The molecule has 4 nitrogen and oxygen atoms in total. The number of rotatable bonds is 2. The molecule has 4 heteroatoms. The number of anilines is 2. The Bertz CT molecular complexity index is 367. The van der Waals surface area contributed by atoms with Gasteiger partial charge in [0.1, 0.15) is 0 Å². The lowest BCUT2D eigenvalue weighted by Crippen LogP contribution is -2.40. The van der Waals surface area contributed by atoms with Crippen LogP contribution in [0, 0.1) is 6.92 Å². The van der Waals surface area contributed by atoms with E-state index in [1.807, 2.05) is 19.2 Å². The molecule has 0 aromatic carbocycles. The van der Waals surface area contributed by atoms with Gasteiger partial charge in [-0.1, -0.05) is 0 Å². The highest BCUT2D eigenvalue weighted by atomic mass is 16.5. The number of aryl methyl sites for hydroxylation is 1. The van der Waals surface area contributed by atoms with Crippen LogP contribution in [0.1, 0.15) is 18.4 Å². The van der Waals surface area contributed by atoms with Crippen LogP contribution in [0.2, 0.25) is 0 Å². The maximum atomic E-state index is 6.06. The van der Waals surface area contributed by atoms with Gasteiger partial charge in [-0.05, 0) is 31.4 Å². The number of nitrogens with two attached hydrogens (primary N) is 1. The molecule has 2 heterocycles. The molecule has 0 bridgehead atoms. The summed E-state index contributed by atoms with van der Waals surface area (Å²) in [4.78, 5) is 6.60. The van der Waals surface area contributed by atoms with Crippen molar-refractivity contribution in [3.8, 4) is 0 Å². The third-order valence-corrected chi connectivity index (χ3v) is 3.20. The molecule has 0 radical (unpaired) electrons. The quantitative estimate of drug-likeness (QED) is 0.824. The monoisotopic (exact) mass is 221 g/mol. The lowest BCUT2D eigenvalue weighted by Gasteiger charge is -2.33. The third kappa shape index (κ3) is 2.11. The summed E-state index contributed by atoms with van der Waals surface area (Å²) in [5.74, 6) is 0.904. The number of hydrogen-bond acceptors (Lipinski definition) is 4. The molecule has 1 fully saturated rings. The molecule has 1 aliphatic heterocycles. The average Bonchev–Trinajstić information content (AvgIpc) is 2.33. The van der Waals surface area contributed by atoms with Crippen LogP contribution in [0.4, 0.5) is 11.5 Å². The Labute approximate surface area is 96.4 Å².